The highest BCUT2D eigenvalue weighted by molar-refractivity contribution is 5.92. The number of benzene rings is 1. The number of rotatable bonds is 2. The number of aromatic amines is 1. The first kappa shape index (κ1) is 18.7. The van der Waals surface area contributed by atoms with Crippen LogP contribution in [0.1, 0.15) is 63.8 Å². The summed E-state index contributed by atoms with van der Waals surface area (Å²) in [6, 6.07) is 6.73. The Hall–Kier alpha value is -2.07. The maximum atomic E-state index is 13.3. The average molecular weight is 404 g/mol. The normalized spacial score (nSPS) is 33.7. The lowest BCUT2D eigenvalue weighted by Crippen LogP contribution is -2.82. The monoisotopic (exact) mass is 403 g/mol. The molecule has 30 heavy (non-hydrogen) atoms. The number of aromatic nitrogens is 1. The van der Waals surface area contributed by atoms with E-state index in [1.165, 1.54) is 33.3 Å². The molecule has 7 rings (SSSR count). The molecule has 1 amide bonds. The van der Waals surface area contributed by atoms with Crippen molar-refractivity contribution in [2.24, 2.45) is 5.92 Å². The third-order valence-corrected chi connectivity index (χ3v) is 8.86. The van der Waals surface area contributed by atoms with Gasteiger partial charge in [-0.25, -0.2) is 0 Å². The Morgan fingerprint density at radius 3 is 2.93 bits per heavy atom. The highest BCUT2D eigenvalue weighted by Gasteiger charge is 2.68. The first-order valence-corrected chi connectivity index (χ1v) is 11.6. The van der Waals surface area contributed by atoms with Crippen LogP contribution in [-0.2, 0) is 23.1 Å². The maximum Gasteiger partial charge on any atom is 0.241 e. The molecule has 1 aromatic carbocycles. The molecule has 3 atom stereocenters. The number of amides is 1. The number of nitrogens with zero attached hydrogens (tertiary/aromatic N) is 1. The van der Waals surface area contributed by atoms with Crippen molar-refractivity contribution in [2.45, 2.75) is 76.3 Å². The fraction of sp³-hybridized carbons (Fsp3) is 0.577. The molecule has 0 radical (unpaired) electrons. The molecule has 4 aliphatic heterocycles. The molecule has 4 nitrogen and oxygen atoms in total. The molecule has 5 heterocycles. The van der Waals surface area contributed by atoms with Crippen molar-refractivity contribution in [1.29, 1.82) is 0 Å². The summed E-state index contributed by atoms with van der Waals surface area (Å²) in [5.41, 5.74) is 6.48. The summed E-state index contributed by atoms with van der Waals surface area (Å²) in [5, 5.41) is 4.95. The van der Waals surface area contributed by atoms with Gasteiger partial charge in [-0.15, -0.1) is 0 Å². The number of carbonyl (C=O) groups excluding carboxylic acids is 1. The van der Waals surface area contributed by atoms with Crippen molar-refractivity contribution in [3.63, 3.8) is 0 Å². The Kier molecular flexibility index (Phi) is 3.60. The van der Waals surface area contributed by atoms with Crippen molar-refractivity contribution in [2.75, 3.05) is 13.1 Å². The highest BCUT2D eigenvalue weighted by atomic mass is 16.2. The Balaban J connectivity index is 1.52. The van der Waals surface area contributed by atoms with E-state index in [-0.39, 0.29) is 16.5 Å². The third-order valence-electron chi connectivity index (χ3n) is 8.86. The summed E-state index contributed by atoms with van der Waals surface area (Å²) in [6.45, 7) is 11.2. The highest BCUT2D eigenvalue weighted by Crippen LogP contribution is 2.58. The molecule has 2 N–H and O–H groups in total. The predicted molar refractivity (Wildman–Crippen MR) is 121 cm³/mol. The minimum atomic E-state index is -0.248. The van der Waals surface area contributed by atoms with Crippen molar-refractivity contribution in [3.8, 4) is 0 Å². The standard InChI is InChI=1S/C26H33N3O/c1-16(2)9-10-17-7-5-8-18-19-13-25-15-29-12-6-11-26(29,23(30)28-25)14-20(25)24(3,4)22(19)27-21(17)18/h5,7-9,20,27H,6,10-15H2,1-4H3,(H,28,30). The van der Waals surface area contributed by atoms with E-state index in [2.05, 4.69) is 67.2 Å². The molecule has 4 saturated heterocycles. The van der Waals surface area contributed by atoms with E-state index < -0.39 is 0 Å². The molecule has 5 aliphatic rings. The number of piperazine rings is 1. The topological polar surface area (TPSA) is 48.1 Å². The molecule has 1 aromatic heterocycles. The van der Waals surface area contributed by atoms with E-state index in [0.717, 1.165) is 45.2 Å². The van der Waals surface area contributed by atoms with Gasteiger partial charge in [-0.2, -0.15) is 0 Å². The minimum Gasteiger partial charge on any atom is -0.357 e. The lowest BCUT2D eigenvalue weighted by atomic mass is 9.51. The summed E-state index contributed by atoms with van der Waals surface area (Å²) in [7, 11) is 0. The smallest absolute Gasteiger partial charge is 0.241 e. The summed E-state index contributed by atoms with van der Waals surface area (Å²) in [5.74, 6) is 0.768. The molecule has 4 heteroatoms. The van der Waals surface area contributed by atoms with E-state index in [1.807, 2.05) is 0 Å². The lowest BCUT2D eigenvalue weighted by molar-refractivity contribution is -0.160. The van der Waals surface area contributed by atoms with Crippen molar-refractivity contribution in [3.05, 3.63) is 46.7 Å². The van der Waals surface area contributed by atoms with Crippen molar-refractivity contribution < 1.29 is 4.79 Å². The van der Waals surface area contributed by atoms with Crippen LogP contribution in [0.2, 0.25) is 0 Å². The van der Waals surface area contributed by atoms with Crippen LogP contribution in [0.4, 0.5) is 0 Å². The molecule has 2 spiro atoms. The van der Waals surface area contributed by atoms with Gasteiger partial charge in [-0.3, -0.25) is 9.69 Å². The zero-order valence-electron chi connectivity index (χ0n) is 18.7. The molecular weight excluding hydrogens is 370 g/mol. The van der Waals surface area contributed by atoms with E-state index >= 15 is 0 Å². The van der Waals surface area contributed by atoms with Crippen LogP contribution in [0.3, 0.4) is 0 Å². The van der Waals surface area contributed by atoms with Crippen LogP contribution < -0.4 is 5.32 Å². The fourth-order valence-corrected chi connectivity index (χ4v) is 7.41. The van der Waals surface area contributed by atoms with Gasteiger partial charge in [0.15, 0.2) is 0 Å². The lowest BCUT2D eigenvalue weighted by Gasteiger charge is -2.65. The summed E-state index contributed by atoms with van der Waals surface area (Å²) < 4.78 is 0. The Bertz CT molecular complexity index is 1100. The molecular formula is C26H33N3O. The van der Waals surface area contributed by atoms with E-state index in [1.54, 1.807) is 0 Å². The number of carbonyl (C=O) groups is 1. The van der Waals surface area contributed by atoms with Gasteiger partial charge < -0.3 is 10.3 Å². The van der Waals surface area contributed by atoms with Crippen molar-refractivity contribution >= 4 is 16.8 Å². The first-order valence-electron chi connectivity index (χ1n) is 11.6. The number of hydrogen-bond acceptors (Lipinski definition) is 2. The predicted octanol–water partition coefficient (Wildman–Crippen LogP) is 4.23. The van der Waals surface area contributed by atoms with Crippen LogP contribution in [0.25, 0.3) is 10.9 Å². The van der Waals surface area contributed by atoms with Gasteiger partial charge in [0.25, 0.3) is 0 Å². The zero-order chi connectivity index (χ0) is 20.9. The second-order valence-corrected chi connectivity index (χ2v) is 11.1. The molecule has 0 saturated carbocycles. The summed E-state index contributed by atoms with van der Waals surface area (Å²) >= 11 is 0. The van der Waals surface area contributed by atoms with E-state index in [9.17, 15) is 4.79 Å². The maximum absolute atomic E-state index is 13.3. The van der Waals surface area contributed by atoms with Crippen LogP contribution in [0, 0.1) is 5.92 Å². The summed E-state index contributed by atoms with van der Waals surface area (Å²) in [6.07, 6.45) is 7.40. The average Bonchev–Trinajstić information content (AvgIpc) is 3.28. The van der Waals surface area contributed by atoms with Gasteiger partial charge in [-0.05, 0) is 69.5 Å². The van der Waals surface area contributed by atoms with Crippen LogP contribution in [0.15, 0.2) is 29.8 Å². The number of nitrogens with one attached hydrogen (secondary N) is 2. The molecule has 158 valence electrons. The number of hydrogen-bond donors (Lipinski definition) is 2. The molecule has 3 unspecified atom stereocenters. The van der Waals surface area contributed by atoms with Gasteiger partial charge in [0.2, 0.25) is 5.91 Å². The van der Waals surface area contributed by atoms with Gasteiger partial charge >= 0.3 is 0 Å². The zero-order valence-corrected chi connectivity index (χ0v) is 18.7. The van der Waals surface area contributed by atoms with Crippen molar-refractivity contribution in [1.82, 2.24) is 15.2 Å². The SMILES string of the molecule is CC(C)=CCc1cccc2c3c([nH]c12)C(C)(C)C1CC24CCCN2CC1(C3)NC4=O. The Morgan fingerprint density at radius 2 is 2.13 bits per heavy atom. The van der Waals surface area contributed by atoms with Crippen LogP contribution in [0.5, 0.6) is 0 Å². The fourth-order valence-electron chi connectivity index (χ4n) is 7.41. The van der Waals surface area contributed by atoms with Crippen LogP contribution >= 0.6 is 0 Å². The number of allylic oxidation sites excluding steroid dienone is 2. The number of para-hydroxylation sites is 1. The first-order chi connectivity index (χ1) is 14.3. The largest absolute Gasteiger partial charge is 0.357 e. The second-order valence-electron chi connectivity index (χ2n) is 11.1. The molecule has 2 bridgehead atoms. The number of H-pyrrole nitrogens is 1. The van der Waals surface area contributed by atoms with E-state index in [0.29, 0.717) is 11.8 Å². The molecule has 2 aromatic rings. The minimum absolute atomic E-state index is 0.00969. The summed E-state index contributed by atoms with van der Waals surface area (Å²) in [4.78, 5) is 19.7. The second kappa shape index (κ2) is 5.79. The number of fused-ring (bicyclic) bond motifs is 4. The third kappa shape index (κ3) is 2.18. The van der Waals surface area contributed by atoms with Gasteiger partial charge in [-0.1, -0.05) is 43.7 Å². The van der Waals surface area contributed by atoms with Gasteiger partial charge in [0.05, 0.1) is 5.54 Å². The Morgan fingerprint density at radius 1 is 1.30 bits per heavy atom. The Labute approximate surface area is 179 Å². The molecule has 4 fully saturated rings. The molecule has 1 aliphatic carbocycles. The van der Waals surface area contributed by atoms with Gasteiger partial charge in [0, 0.05) is 28.6 Å². The van der Waals surface area contributed by atoms with Crippen LogP contribution in [-0.4, -0.2) is 40.0 Å². The number of piperidine rings is 2. The van der Waals surface area contributed by atoms with Gasteiger partial charge in [0.1, 0.15) is 5.54 Å². The van der Waals surface area contributed by atoms with E-state index in [4.69, 9.17) is 0 Å². The quantitative estimate of drug-likeness (QED) is 0.737.